The van der Waals surface area contributed by atoms with Gasteiger partial charge >= 0.3 is 0 Å². The SMILES string of the molecule is CCc1c(C(=O)C(N)=O)c2c(=O)[nH]c(C3CCCCC3)cn2c1CC1(C)C=CC=C1. The van der Waals surface area contributed by atoms with Crippen molar-refractivity contribution in [2.45, 2.75) is 64.7 Å². The van der Waals surface area contributed by atoms with E-state index in [2.05, 4.69) is 24.1 Å². The van der Waals surface area contributed by atoms with Gasteiger partial charge in [0, 0.05) is 35.3 Å². The number of nitrogens with one attached hydrogen (secondary N) is 1. The highest BCUT2D eigenvalue weighted by molar-refractivity contribution is 6.44. The number of carbonyl (C=O) groups excluding carboxylic acids is 2. The van der Waals surface area contributed by atoms with Crippen LogP contribution in [-0.2, 0) is 17.6 Å². The number of hydrogen-bond donors (Lipinski definition) is 2. The number of nitrogens with zero attached hydrogens (tertiary/aromatic N) is 1. The van der Waals surface area contributed by atoms with E-state index in [0.717, 1.165) is 42.6 Å². The summed E-state index contributed by atoms with van der Waals surface area (Å²) in [5.74, 6) is -1.52. The van der Waals surface area contributed by atoms with Gasteiger partial charge in [0.15, 0.2) is 0 Å². The molecule has 2 aromatic rings. The molecule has 0 spiro atoms. The molecule has 1 amide bonds. The summed E-state index contributed by atoms with van der Waals surface area (Å²) in [6.45, 7) is 4.06. The van der Waals surface area contributed by atoms with Crippen LogP contribution in [0.1, 0.15) is 79.2 Å². The molecule has 0 radical (unpaired) electrons. The molecule has 0 saturated heterocycles. The van der Waals surface area contributed by atoms with Crippen molar-refractivity contribution >= 4 is 17.2 Å². The maximum Gasteiger partial charge on any atom is 0.289 e. The molecule has 1 fully saturated rings. The molecule has 2 aliphatic rings. The molecule has 0 unspecified atom stereocenters. The van der Waals surface area contributed by atoms with Gasteiger partial charge in [-0.3, -0.25) is 14.4 Å². The van der Waals surface area contributed by atoms with Crippen molar-refractivity contribution in [3.05, 3.63) is 63.4 Å². The molecule has 4 rings (SSSR count). The average Bonchev–Trinajstić information content (AvgIpc) is 3.29. The predicted molar refractivity (Wildman–Crippen MR) is 117 cm³/mol. The fourth-order valence-electron chi connectivity index (χ4n) is 5.06. The number of rotatable bonds is 6. The third-order valence-electron chi connectivity index (χ3n) is 6.62. The highest BCUT2D eigenvalue weighted by Gasteiger charge is 2.31. The summed E-state index contributed by atoms with van der Waals surface area (Å²) in [7, 11) is 0. The summed E-state index contributed by atoms with van der Waals surface area (Å²) < 4.78 is 1.86. The molecule has 30 heavy (non-hydrogen) atoms. The quantitative estimate of drug-likeness (QED) is 0.566. The number of hydrogen-bond acceptors (Lipinski definition) is 3. The Labute approximate surface area is 175 Å². The fraction of sp³-hybridized carbons (Fsp3) is 0.458. The normalized spacial score (nSPS) is 18.3. The number of aromatic nitrogens is 2. The highest BCUT2D eigenvalue weighted by atomic mass is 16.2. The number of aromatic amines is 1. The van der Waals surface area contributed by atoms with Crippen LogP contribution < -0.4 is 11.3 Å². The number of allylic oxidation sites excluding steroid dienone is 4. The van der Waals surface area contributed by atoms with E-state index < -0.39 is 11.7 Å². The van der Waals surface area contributed by atoms with E-state index >= 15 is 0 Å². The van der Waals surface area contributed by atoms with Gasteiger partial charge in [0.2, 0.25) is 0 Å². The van der Waals surface area contributed by atoms with E-state index in [1.54, 1.807) is 0 Å². The van der Waals surface area contributed by atoms with Crippen molar-refractivity contribution in [2.24, 2.45) is 11.1 Å². The molecule has 2 aliphatic carbocycles. The maximum atomic E-state index is 13.2. The molecular weight excluding hydrogens is 378 g/mol. The van der Waals surface area contributed by atoms with Crippen molar-refractivity contribution < 1.29 is 9.59 Å². The standard InChI is InChI=1S/C24H29N3O3/c1-3-16-18(13-24(2)11-7-8-12-24)27-14-17(15-9-5-4-6-10-15)26-23(30)20(27)19(16)21(28)22(25)29/h7-8,11-12,14-15H,3-6,9-10,13H2,1-2H3,(H2,25,29)(H,26,30). The minimum absolute atomic E-state index is 0.158. The molecule has 0 aliphatic heterocycles. The van der Waals surface area contributed by atoms with Gasteiger partial charge < -0.3 is 15.1 Å². The second-order valence-corrected chi connectivity index (χ2v) is 8.84. The first kappa shape index (κ1) is 20.4. The molecule has 2 aromatic heterocycles. The Bertz CT molecular complexity index is 1110. The first-order valence-corrected chi connectivity index (χ1v) is 10.8. The number of carbonyl (C=O) groups is 2. The summed E-state index contributed by atoms with van der Waals surface area (Å²) in [6.07, 6.45) is 17.0. The lowest BCUT2D eigenvalue weighted by molar-refractivity contribution is -0.114. The van der Waals surface area contributed by atoms with Crippen LogP contribution in [0, 0.1) is 5.41 Å². The van der Waals surface area contributed by atoms with Crippen molar-refractivity contribution in [3.63, 3.8) is 0 Å². The van der Waals surface area contributed by atoms with Crippen molar-refractivity contribution in [2.75, 3.05) is 0 Å². The van der Waals surface area contributed by atoms with Gasteiger partial charge in [-0.25, -0.2) is 0 Å². The number of nitrogens with two attached hydrogens (primary N) is 1. The minimum Gasteiger partial charge on any atom is -0.363 e. The van der Waals surface area contributed by atoms with Crippen LogP contribution in [0.3, 0.4) is 0 Å². The zero-order valence-electron chi connectivity index (χ0n) is 17.7. The van der Waals surface area contributed by atoms with E-state index in [1.807, 2.05) is 29.7 Å². The highest BCUT2D eigenvalue weighted by Crippen LogP contribution is 2.36. The Morgan fingerprint density at radius 1 is 1.20 bits per heavy atom. The number of H-pyrrole nitrogens is 1. The molecule has 6 heteroatoms. The predicted octanol–water partition coefficient (Wildman–Crippen LogP) is 3.58. The van der Waals surface area contributed by atoms with Gasteiger partial charge in [-0.2, -0.15) is 0 Å². The van der Waals surface area contributed by atoms with E-state index in [4.69, 9.17) is 5.73 Å². The molecule has 2 heterocycles. The lowest BCUT2D eigenvalue weighted by atomic mass is 9.85. The first-order valence-electron chi connectivity index (χ1n) is 10.8. The van der Waals surface area contributed by atoms with Crippen LogP contribution in [0.2, 0.25) is 0 Å². The summed E-state index contributed by atoms with van der Waals surface area (Å²) in [4.78, 5) is 40.7. The number of ketones is 1. The molecule has 158 valence electrons. The van der Waals surface area contributed by atoms with E-state index in [0.29, 0.717) is 18.8 Å². The Hall–Kier alpha value is -2.89. The Balaban J connectivity index is 1.98. The summed E-state index contributed by atoms with van der Waals surface area (Å²) in [6, 6.07) is 0. The Morgan fingerprint density at radius 2 is 1.87 bits per heavy atom. The summed E-state index contributed by atoms with van der Waals surface area (Å²) in [5.41, 5.74) is 7.75. The van der Waals surface area contributed by atoms with Crippen molar-refractivity contribution in [3.8, 4) is 0 Å². The second-order valence-electron chi connectivity index (χ2n) is 8.84. The van der Waals surface area contributed by atoms with E-state index in [-0.39, 0.29) is 22.1 Å². The van der Waals surface area contributed by atoms with Crippen molar-refractivity contribution in [1.82, 2.24) is 9.38 Å². The molecule has 0 bridgehead atoms. The van der Waals surface area contributed by atoms with Gasteiger partial charge in [0.05, 0.1) is 5.56 Å². The van der Waals surface area contributed by atoms with E-state index in [1.165, 1.54) is 6.42 Å². The molecular formula is C24H29N3O3. The van der Waals surface area contributed by atoms with Crippen LogP contribution in [0.15, 0.2) is 35.3 Å². The summed E-state index contributed by atoms with van der Waals surface area (Å²) in [5, 5.41) is 0. The van der Waals surface area contributed by atoms with Gasteiger partial charge in [-0.1, -0.05) is 57.4 Å². The fourth-order valence-corrected chi connectivity index (χ4v) is 5.06. The summed E-state index contributed by atoms with van der Waals surface area (Å²) >= 11 is 0. The lowest BCUT2D eigenvalue weighted by Crippen LogP contribution is -2.26. The van der Waals surface area contributed by atoms with E-state index in [9.17, 15) is 14.4 Å². The number of Topliss-reactive ketones (excluding diaryl/α,β-unsaturated/α-hetero) is 1. The molecule has 6 nitrogen and oxygen atoms in total. The maximum absolute atomic E-state index is 13.2. The van der Waals surface area contributed by atoms with Crippen molar-refractivity contribution in [1.29, 1.82) is 0 Å². The van der Waals surface area contributed by atoms with Gasteiger partial charge in [-0.15, -0.1) is 0 Å². The van der Waals surface area contributed by atoms with Gasteiger partial charge in [-0.05, 0) is 24.8 Å². The number of amides is 1. The second kappa shape index (κ2) is 7.74. The van der Waals surface area contributed by atoms with Crippen LogP contribution in [-0.4, -0.2) is 21.1 Å². The molecule has 0 atom stereocenters. The Kier molecular flexibility index (Phi) is 5.26. The zero-order valence-corrected chi connectivity index (χ0v) is 17.7. The lowest BCUT2D eigenvalue weighted by Gasteiger charge is -2.23. The average molecular weight is 408 g/mol. The smallest absolute Gasteiger partial charge is 0.289 e. The Morgan fingerprint density at radius 3 is 2.47 bits per heavy atom. The van der Waals surface area contributed by atoms with Gasteiger partial charge in [0.1, 0.15) is 5.52 Å². The van der Waals surface area contributed by atoms with Crippen LogP contribution in [0.4, 0.5) is 0 Å². The van der Waals surface area contributed by atoms with Gasteiger partial charge in [0.25, 0.3) is 17.2 Å². The molecule has 0 aromatic carbocycles. The molecule has 3 N–H and O–H groups in total. The topological polar surface area (TPSA) is 97.4 Å². The zero-order chi connectivity index (χ0) is 21.5. The number of primary amides is 1. The third-order valence-corrected chi connectivity index (χ3v) is 6.62. The van der Waals surface area contributed by atoms with Crippen LogP contribution in [0.5, 0.6) is 0 Å². The third kappa shape index (κ3) is 3.44. The largest absolute Gasteiger partial charge is 0.363 e. The monoisotopic (exact) mass is 407 g/mol. The number of fused-ring (bicyclic) bond motifs is 1. The van der Waals surface area contributed by atoms with Crippen LogP contribution in [0.25, 0.3) is 5.52 Å². The first-order chi connectivity index (χ1) is 14.3. The molecule has 1 saturated carbocycles. The minimum atomic E-state index is -1.04. The van der Waals surface area contributed by atoms with Crippen LogP contribution >= 0.6 is 0 Å².